The summed E-state index contributed by atoms with van der Waals surface area (Å²) in [7, 11) is 0.111. The average molecular weight is 500 g/mol. The average Bonchev–Trinajstić information content (AvgIpc) is 3.25. The molecule has 1 atom stereocenters. The molecule has 0 saturated carbocycles. The van der Waals surface area contributed by atoms with Crippen molar-refractivity contribution in [3.63, 3.8) is 0 Å². The summed E-state index contributed by atoms with van der Waals surface area (Å²) in [6.07, 6.45) is 0.772. The monoisotopic (exact) mass is 499 g/mol. The molecule has 190 valence electrons. The van der Waals surface area contributed by atoms with Gasteiger partial charge in [0.1, 0.15) is 12.2 Å². The van der Waals surface area contributed by atoms with Crippen molar-refractivity contribution in [2.24, 2.45) is 0 Å². The quantitative estimate of drug-likeness (QED) is 0.210. The van der Waals surface area contributed by atoms with Crippen molar-refractivity contribution in [1.29, 1.82) is 0 Å². The zero-order valence-electron chi connectivity index (χ0n) is 21.1. The predicted molar refractivity (Wildman–Crippen MR) is 139 cm³/mol. The maximum atomic E-state index is 12.4. The first-order valence-electron chi connectivity index (χ1n) is 11.9. The van der Waals surface area contributed by atoms with Crippen molar-refractivity contribution in [1.82, 2.24) is 14.5 Å². The summed E-state index contributed by atoms with van der Waals surface area (Å²) < 4.78 is 12.7. The number of aliphatic hydroxyl groups excluding tert-OH is 2. The Morgan fingerprint density at radius 3 is 2.57 bits per heavy atom. The molecule has 0 spiro atoms. The second-order valence-electron chi connectivity index (χ2n) is 9.91. The van der Waals surface area contributed by atoms with Crippen LogP contribution in [0.4, 0.5) is 0 Å². The number of methoxy groups -OCH3 is 1. The number of nitrogens with zero attached hydrogens (tertiary/aromatic N) is 3. The first-order chi connectivity index (χ1) is 16.7. The minimum absolute atomic E-state index is 0.0148. The molecule has 8 nitrogen and oxygen atoms in total. The predicted octanol–water partition coefficient (Wildman–Crippen LogP) is 3.66. The van der Waals surface area contributed by atoms with Gasteiger partial charge in [0.25, 0.3) is 0 Å². The van der Waals surface area contributed by atoms with Gasteiger partial charge in [0, 0.05) is 39.9 Å². The molecule has 0 radical (unpaired) electrons. The zero-order valence-corrected chi connectivity index (χ0v) is 22.1. The molecule has 3 rings (SSSR count). The van der Waals surface area contributed by atoms with Gasteiger partial charge < -0.3 is 24.3 Å². The molecule has 35 heavy (non-hydrogen) atoms. The lowest BCUT2D eigenvalue weighted by atomic mass is 10.0. The number of carbonyl (C=O) groups is 1. The van der Waals surface area contributed by atoms with E-state index in [2.05, 4.69) is 24.6 Å². The van der Waals surface area contributed by atoms with Gasteiger partial charge in [-0.1, -0.05) is 56.0 Å². The lowest BCUT2D eigenvalue weighted by Crippen LogP contribution is -2.31. The fourth-order valence-corrected chi connectivity index (χ4v) is 4.71. The fraction of sp³-hybridized carbons (Fsp3) is 0.462. The molecule has 0 saturated heterocycles. The van der Waals surface area contributed by atoms with Crippen LogP contribution in [0.25, 0.3) is 11.0 Å². The third kappa shape index (κ3) is 7.46. The zero-order chi connectivity index (χ0) is 25.4. The van der Waals surface area contributed by atoms with Crippen molar-refractivity contribution in [2.75, 3.05) is 33.4 Å². The van der Waals surface area contributed by atoms with E-state index in [0.29, 0.717) is 48.4 Å². The summed E-state index contributed by atoms with van der Waals surface area (Å²) in [6.45, 7) is 9.13. The van der Waals surface area contributed by atoms with Crippen LogP contribution < -0.4 is 0 Å². The van der Waals surface area contributed by atoms with E-state index in [1.54, 1.807) is 18.5 Å². The van der Waals surface area contributed by atoms with E-state index in [-0.39, 0.29) is 13.3 Å². The Kier molecular flexibility index (Phi) is 9.59. The number of rotatable bonds is 13. The highest BCUT2D eigenvalue weighted by atomic mass is 28.3. The van der Waals surface area contributed by atoms with Gasteiger partial charge in [0.2, 0.25) is 0 Å². The van der Waals surface area contributed by atoms with Crippen LogP contribution in [-0.2, 0) is 22.7 Å². The van der Waals surface area contributed by atoms with E-state index < -0.39 is 20.1 Å². The molecule has 1 unspecified atom stereocenters. The van der Waals surface area contributed by atoms with Crippen LogP contribution in [0.5, 0.6) is 0 Å². The molecule has 0 bridgehead atoms. The number of hydrogen-bond donors (Lipinski definition) is 2. The third-order valence-corrected chi connectivity index (χ3v) is 7.59. The van der Waals surface area contributed by atoms with Gasteiger partial charge in [0.05, 0.1) is 37.2 Å². The summed E-state index contributed by atoms with van der Waals surface area (Å²) in [5.41, 5.74) is 3.21. The number of ether oxygens (including phenoxy) is 2. The molecule has 2 aromatic carbocycles. The Bertz CT molecular complexity index is 1100. The van der Waals surface area contributed by atoms with E-state index in [1.165, 1.54) is 7.11 Å². The first kappa shape index (κ1) is 27.0. The molecule has 0 aliphatic heterocycles. The molecule has 3 aromatic rings. The topological polar surface area (TPSA) is 97.0 Å². The highest BCUT2D eigenvalue weighted by Gasteiger charge is 2.23. The molecule has 0 aliphatic rings. The van der Waals surface area contributed by atoms with E-state index in [9.17, 15) is 15.0 Å². The SMILES string of the molecule is COC(=O)c1ccc(C(O)CN(CCO)Cc2ccccc2)c2c1ncn2COCC[Si](C)(C)C. The fourth-order valence-electron chi connectivity index (χ4n) is 3.96. The lowest BCUT2D eigenvalue weighted by Gasteiger charge is -2.25. The molecular weight excluding hydrogens is 462 g/mol. The number of fused-ring (bicyclic) bond motifs is 1. The maximum absolute atomic E-state index is 12.4. The van der Waals surface area contributed by atoms with Crippen LogP contribution in [0.3, 0.4) is 0 Å². The molecule has 0 amide bonds. The van der Waals surface area contributed by atoms with Crippen LogP contribution in [0.2, 0.25) is 25.7 Å². The van der Waals surface area contributed by atoms with Gasteiger partial charge in [-0.2, -0.15) is 0 Å². The third-order valence-electron chi connectivity index (χ3n) is 5.88. The molecule has 2 N–H and O–H groups in total. The number of carbonyl (C=O) groups excluding carboxylic acids is 1. The van der Waals surface area contributed by atoms with Gasteiger partial charge in [-0.05, 0) is 17.7 Å². The summed E-state index contributed by atoms with van der Waals surface area (Å²) in [4.78, 5) is 18.8. The normalized spacial score (nSPS) is 12.9. The Labute approximate surface area is 208 Å². The van der Waals surface area contributed by atoms with Crippen molar-refractivity contribution in [3.05, 3.63) is 65.5 Å². The van der Waals surface area contributed by atoms with E-state index in [4.69, 9.17) is 9.47 Å². The Hall–Kier alpha value is -2.56. The minimum atomic E-state index is -1.23. The summed E-state index contributed by atoms with van der Waals surface area (Å²) in [6, 6.07) is 14.4. The minimum Gasteiger partial charge on any atom is -0.465 e. The van der Waals surface area contributed by atoms with Gasteiger partial charge in [0.15, 0.2) is 0 Å². The molecular formula is C26H37N3O5Si. The van der Waals surface area contributed by atoms with Crippen molar-refractivity contribution < 1.29 is 24.5 Å². The van der Waals surface area contributed by atoms with Crippen molar-refractivity contribution >= 4 is 25.1 Å². The van der Waals surface area contributed by atoms with Crippen LogP contribution >= 0.6 is 0 Å². The van der Waals surface area contributed by atoms with Gasteiger partial charge in [-0.3, -0.25) is 4.90 Å². The standard InChI is InChI=1S/C26H37N3O5Si/c1-33-26(32)22-11-10-21(23(31)17-28(12-13-30)16-20-8-6-5-7-9-20)25-24(22)27-18-29(25)19-34-14-15-35(2,3)4/h5-11,18,23,30-31H,12-17,19H2,1-4H3. The highest BCUT2D eigenvalue weighted by molar-refractivity contribution is 6.76. The molecule has 1 aromatic heterocycles. The highest BCUT2D eigenvalue weighted by Crippen LogP contribution is 2.28. The smallest absolute Gasteiger partial charge is 0.340 e. The van der Waals surface area contributed by atoms with Gasteiger partial charge >= 0.3 is 5.97 Å². The van der Waals surface area contributed by atoms with Crippen LogP contribution in [0.15, 0.2) is 48.8 Å². The Balaban J connectivity index is 1.88. The summed E-state index contributed by atoms with van der Waals surface area (Å²) in [5.74, 6) is -0.480. The summed E-state index contributed by atoms with van der Waals surface area (Å²) in [5, 5.41) is 20.9. The van der Waals surface area contributed by atoms with Crippen molar-refractivity contribution in [2.45, 2.75) is 45.1 Å². The van der Waals surface area contributed by atoms with Gasteiger partial charge in [-0.25, -0.2) is 9.78 Å². The second kappa shape index (κ2) is 12.4. The molecule has 0 aliphatic carbocycles. The van der Waals surface area contributed by atoms with Crippen LogP contribution in [-0.4, -0.2) is 72.1 Å². The van der Waals surface area contributed by atoms with E-state index in [0.717, 1.165) is 11.6 Å². The summed E-state index contributed by atoms with van der Waals surface area (Å²) >= 11 is 0. The Morgan fingerprint density at radius 1 is 1.17 bits per heavy atom. The molecule has 0 fully saturated rings. The number of aromatic nitrogens is 2. The largest absolute Gasteiger partial charge is 0.465 e. The number of imidazole rings is 1. The first-order valence-corrected chi connectivity index (χ1v) is 15.6. The van der Waals surface area contributed by atoms with Gasteiger partial charge in [-0.15, -0.1) is 0 Å². The lowest BCUT2D eigenvalue weighted by molar-refractivity contribution is 0.0602. The number of aliphatic hydroxyl groups is 2. The number of benzene rings is 2. The number of esters is 1. The number of hydrogen-bond acceptors (Lipinski definition) is 7. The molecule has 9 heteroatoms. The molecule has 1 heterocycles. The van der Waals surface area contributed by atoms with E-state index >= 15 is 0 Å². The van der Waals surface area contributed by atoms with E-state index in [1.807, 2.05) is 39.8 Å². The maximum Gasteiger partial charge on any atom is 0.340 e. The van der Waals surface area contributed by atoms with Crippen LogP contribution in [0, 0.1) is 0 Å². The second-order valence-corrected chi connectivity index (χ2v) is 15.5. The Morgan fingerprint density at radius 2 is 1.91 bits per heavy atom. The van der Waals surface area contributed by atoms with Crippen LogP contribution in [0.1, 0.15) is 27.6 Å². The van der Waals surface area contributed by atoms with Crippen molar-refractivity contribution in [3.8, 4) is 0 Å².